The second kappa shape index (κ2) is 6.72. The third-order valence-electron chi connectivity index (χ3n) is 4.23. The van der Waals surface area contributed by atoms with E-state index in [9.17, 15) is 4.79 Å². The summed E-state index contributed by atoms with van der Waals surface area (Å²) < 4.78 is 0. The van der Waals surface area contributed by atoms with Crippen molar-refractivity contribution in [2.24, 2.45) is 11.8 Å². The fourth-order valence-corrected chi connectivity index (χ4v) is 3.14. The smallest absolute Gasteiger partial charge is 0.163 e. The third-order valence-corrected chi connectivity index (χ3v) is 4.23. The average Bonchev–Trinajstić information content (AvgIpc) is 2.42. The predicted octanol–water partition coefficient (Wildman–Crippen LogP) is 4.87. The fourth-order valence-electron chi connectivity index (χ4n) is 3.14. The van der Waals surface area contributed by atoms with Crippen LogP contribution >= 0.6 is 0 Å². The van der Waals surface area contributed by atoms with Gasteiger partial charge in [0.15, 0.2) is 5.78 Å². The SMILES string of the molecule is CCCC1CCC(CC(=O)c2ccccc2)CC1. The Hall–Kier alpha value is -1.11. The van der Waals surface area contributed by atoms with Gasteiger partial charge in [-0.3, -0.25) is 4.79 Å². The minimum Gasteiger partial charge on any atom is -0.294 e. The summed E-state index contributed by atoms with van der Waals surface area (Å²) in [6.45, 7) is 2.27. The lowest BCUT2D eigenvalue weighted by Crippen LogP contribution is -2.17. The molecule has 1 aliphatic carbocycles. The van der Waals surface area contributed by atoms with Crippen LogP contribution in [-0.4, -0.2) is 5.78 Å². The van der Waals surface area contributed by atoms with Crippen molar-refractivity contribution in [1.82, 2.24) is 0 Å². The third kappa shape index (κ3) is 3.69. The van der Waals surface area contributed by atoms with Gasteiger partial charge in [-0.1, -0.05) is 62.9 Å². The molecular weight excluding hydrogens is 220 g/mol. The van der Waals surface area contributed by atoms with E-state index in [2.05, 4.69) is 6.92 Å². The molecule has 0 spiro atoms. The molecule has 98 valence electrons. The summed E-state index contributed by atoms with van der Waals surface area (Å²) in [4.78, 5) is 12.1. The number of carbonyl (C=O) groups is 1. The Morgan fingerprint density at radius 1 is 1.06 bits per heavy atom. The van der Waals surface area contributed by atoms with E-state index in [-0.39, 0.29) is 0 Å². The Morgan fingerprint density at radius 3 is 2.28 bits per heavy atom. The van der Waals surface area contributed by atoms with Crippen LogP contribution in [0.4, 0.5) is 0 Å². The summed E-state index contributed by atoms with van der Waals surface area (Å²) in [7, 11) is 0. The van der Waals surface area contributed by atoms with Gasteiger partial charge in [-0.15, -0.1) is 0 Å². The first-order chi connectivity index (χ1) is 8.79. The first kappa shape index (κ1) is 13.3. The number of hydrogen-bond donors (Lipinski definition) is 0. The molecule has 0 aliphatic heterocycles. The maximum Gasteiger partial charge on any atom is 0.163 e. The molecule has 2 rings (SSSR count). The van der Waals surface area contributed by atoms with E-state index in [1.807, 2.05) is 30.3 Å². The van der Waals surface area contributed by atoms with Crippen LogP contribution in [0.15, 0.2) is 30.3 Å². The molecule has 1 aromatic carbocycles. The van der Waals surface area contributed by atoms with Crippen molar-refractivity contribution in [2.75, 3.05) is 0 Å². The quantitative estimate of drug-likeness (QED) is 0.676. The van der Waals surface area contributed by atoms with Crippen molar-refractivity contribution in [3.05, 3.63) is 35.9 Å². The molecule has 0 saturated heterocycles. The van der Waals surface area contributed by atoms with Gasteiger partial charge >= 0.3 is 0 Å². The maximum absolute atomic E-state index is 12.1. The van der Waals surface area contributed by atoms with Crippen LogP contribution in [0, 0.1) is 11.8 Å². The minimum atomic E-state index is 0.328. The summed E-state index contributed by atoms with van der Waals surface area (Å²) >= 11 is 0. The van der Waals surface area contributed by atoms with Gasteiger partial charge in [0, 0.05) is 12.0 Å². The average molecular weight is 244 g/mol. The van der Waals surface area contributed by atoms with E-state index in [1.165, 1.54) is 38.5 Å². The lowest BCUT2D eigenvalue weighted by atomic mass is 9.78. The Kier molecular flexibility index (Phi) is 4.98. The van der Waals surface area contributed by atoms with Gasteiger partial charge in [-0.25, -0.2) is 0 Å². The van der Waals surface area contributed by atoms with Crippen LogP contribution in [0.5, 0.6) is 0 Å². The van der Waals surface area contributed by atoms with Crippen molar-refractivity contribution in [3.63, 3.8) is 0 Å². The van der Waals surface area contributed by atoms with Crippen LogP contribution in [0.3, 0.4) is 0 Å². The summed E-state index contributed by atoms with van der Waals surface area (Å²) in [6.07, 6.45) is 8.61. The van der Waals surface area contributed by atoms with E-state index in [1.54, 1.807) is 0 Å². The molecule has 1 fully saturated rings. The Bertz CT molecular complexity index is 360. The number of carbonyl (C=O) groups excluding carboxylic acids is 1. The lowest BCUT2D eigenvalue weighted by Gasteiger charge is -2.27. The van der Waals surface area contributed by atoms with Gasteiger partial charge in [-0.05, 0) is 24.7 Å². The van der Waals surface area contributed by atoms with Crippen molar-refractivity contribution in [1.29, 1.82) is 0 Å². The molecule has 1 saturated carbocycles. The summed E-state index contributed by atoms with van der Waals surface area (Å²) in [6, 6.07) is 9.74. The Labute approximate surface area is 111 Å². The van der Waals surface area contributed by atoms with E-state index in [0.29, 0.717) is 11.7 Å². The van der Waals surface area contributed by atoms with Crippen LogP contribution in [0.2, 0.25) is 0 Å². The van der Waals surface area contributed by atoms with Gasteiger partial charge in [-0.2, -0.15) is 0 Å². The van der Waals surface area contributed by atoms with Crippen molar-refractivity contribution in [3.8, 4) is 0 Å². The van der Waals surface area contributed by atoms with Gasteiger partial charge in [0.25, 0.3) is 0 Å². The molecule has 1 nitrogen and oxygen atoms in total. The van der Waals surface area contributed by atoms with Crippen LogP contribution < -0.4 is 0 Å². The van der Waals surface area contributed by atoms with Crippen LogP contribution in [0.25, 0.3) is 0 Å². The molecule has 0 N–H and O–H groups in total. The number of Topliss-reactive ketones (excluding diaryl/α,β-unsaturated/α-hetero) is 1. The largest absolute Gasteiger partial charge is 0.294 e. The first-order valence-electron chi connectivity index (χ1n) is 7.37. The zero-order valence-corrected chi connectivity index (χ0v) is 11.4. The number of hydrogen-bond acceptors (Lipinski definition) is 1. The van der Waals surface area contributed by atoms with Gasteiger partial charge in [0.05, 0.1) is 0 Å². The fraction of sp³-hybridized carbons (Fsp3) is 0.588. The molecular formula is C17H24O. The summed E-state index contributed by atoms with van der Waals surface area (Å²) in [5.74, 6) is 1.89. The molecule has 1 aromatic rings. The van der Waals surface area contributed by atoms with Crippen molar-refractivity contribution < 1.29 is 4.79 Å². The van der Waals surface area contributed by atoms with Crippen LogP contribution in [-0.2, 0) is 0 Å². The highest BCUT2D eigenvalue weighted by atomic mass is 16.1. The lowest BCUT2D eigenvalue weighted by molar-refractivity contribution is 0.0942. The summed E-state index contributed by atoms with van der Waals surface area (Å²) in [5.41, 5.74) is 0.883. The first-order valence-corrected chi connectivity index (χ1v) is 7.37. The molecule has 0 atom stereocenters. The van der Waals surface area contributed by atoms with Crippen molar-refractivity contribution >= 4 is 5.78 Å². The van der Waals surface area contributed by atoms with Gasteiger partial charge in [0.2, 0.25) is 0 Å². The Morgan fingerprint density at radius 2 is 1.67 bits per heavy atom. The molecule has 1 heteroatoms. The highest BCUT2D eigenvalue weighted by Gasteiger charge is 2.22. The molecule has 0 unspecified atom stereocenters. The summed E-state index contributed by atoms with van der Waals surface area (Å²) in [5, 5.41) is 0. The number of rotatable bonds is 5. The zero-order valence-electron chi connectivity index (χ0n) is 11.4. The van der Waals surface area contributed by atoms with E-state index in [4.69, 9.17) is 0 Å². The molecule has 1 aliphatic rings. The van der Waals surface area contributed by atoms with Crippen LogP contribution in [0.1, 0.15) is 62.2 Å². The zero-order chi connectivity index (χ0) is 12.8. The highest BCUT2D eigenvalue weighted by Crippen LogP contribution is 2.33. The van der Waals surface area contributed by atoms with Gasteiger partial charge < -0.3 is 0 Å². The molecule has 18 heavy (non-hydrogen) atoms. The monoisotopic (exact) mass is 244 g/mol. The standard InChI is InChI=1S/C17H24O/c1-2-6-14-9-11-15(12-10-14)13-17(18)16-7-4-3-5-8-16/h3-5,7-8,14-15H,2,6,9-13H2,1H3. The normalized spacial score (nSPS) is 23.8. The maximum atomic E-state index is 12.1. The number of ketones is 1. The highest BCUT2D eigenvalue weighted by molar-refractivity contribution is 5.96. The molecule has 0 radical (unpaired) electrons. The number of benzene rings is 1. The molecule has 0 amide bonds. The van der Waals surface area contributed by atoms with E-state index < -0.39 is 0 Å². The minimum absolute atomic E-state index is 0.328. The molecule has 0 heterocycles. The second-order valence-corrected chi connectivity index (χ2v) is 5.67. The Balaban J connectivity index is 1.80. The van der Waals surface area contributed by atoms with E-state index in [0.717, 1.165) is 17.9 Å². The molecule has 0 aromatic heterocycles. The second-order valence-electron chi connectivity index (χ2n) is 5.67. The van der Waals surface area contributed by atoms with Gasteiger partial charge in [0.1, 0.15) is 0 Å². The topological polar surface area (TPSA) is 17.1 Å². The molecule has 0 bridgehead atoms. The predicted molar refractivity (Wildman–Crippen MR) is 75.7 cm³/mol. The van der Waals surface area contributed by atoms with Crippen molar-refractivity contribution in [2.45, 2.75) is 51.9 Å². The van der Waals surface area contributed by atoms with E-state index >= 15 is 0 Å².